The second kappa shape index (κ2) is 7.06. The minimum absolute atomic E-state index is 0.155. The average Bonchev–Trinajstić information content (AvgIpc) is 2.58. The van der Waals surface area contributed by atoms with E-state index in [0.29, 0.717) is 16.4 Å². The lowest BCUT2D eigenvalue weighted by molar-refractivity contribution is 0.430. The molecular formula is C17H13ClN4O3. The maximum absolute atomic E-state index is 12.0. The van der Waals surface area contributed by atoms with E-state index in [-0.39, 0.29) is 5.56 Å². The minimum Gasteiger partial charge on any atom is -0.493 e. The van der Waals surface area contributed by atoms with Crippen LogP contribution in [-0.2, 0) is 0 Å². The van der Waals surface area contributed by atoms with Gasteiger partial charge in [-0.25, -0.2) is 9.36 Å². The predicted molar refractivity (Wildman–Crippen MR) is 97.0 cm³/mol. The topological polar surface area (TPSA) is 99.5 Å². The third kappa shape index (κ3) is 3.61. The van der Waals surface area contributed by atoms with Gasteiger partial charge in [0.15, 0.2) is 0 Å². The summed E-state index contributed by atoms with van der Waals surface area (Å²) in [5.74, 6) is -0.503. The highest BCUT2D eigenvalue weighted by atomic mass is 35.5. The van der Waals surface area contributed by atoms with E-state index in [2.05, 4.69) is 15.5 Å². The molecule has 0 saturated heterocycles. The largest absolute Gasteiger partial charge is 0.493 e. The molecule has 0 amide bonds. The molecule has 0 atom stereocenters. The van der Waals surface area contributed by atoms with E-state index in [1.165, 1.54) is 0 Å². The first-order valence-electron chi connectivity index (χ1n) is 7.24. The molecule has 0 unspecified atom stereocenters. The van der Waals surface area contributed by atoms with E-state index in [4.69, 9.17) is 11.6 Å². The number of para-hydroxylation sites is 1. The number of anilines is 1. The van der Waals surface area contributed by atoms with Gasteiger partial charge in [0, 0.05) is 5.02 Å². The van der Waals surface area contributed by atoms with Crippen molar-refractivity contribution >= 4 is 23.5 Å². The zero-order valence-corrected chi connectivity index (χ0v) is 13.6. The van der Waals surface area contributed by atoms with Crippen LogP contribution in [0.1, 0.15) is 5.56 Å². The van der Waals surface area contributed by atoms with E-state index in [1.807, 2.05) is 0 Å². The van der Waals surface area contributed by atoms with Crippen LogP contribution in [0.15, 0.2) is 69.3 Å². The van der Waals surface area contributed by atoms with Gasteiger partial charge in [0.05, 0.1) is 17.6 Å². The molecule has 7 nitrogen and oxygen atoms in total. The molecule has 1 aromatic heterocycles. The van der Waals surface area contributed by atoms with Gasteiger partial charge in [0.2, 0.25) is 5.88 Å². The average molecular weight is 357 g/mol. The first kappa shape index (κ1) is 16.5. The number of rotatable bonds is 4. The first-order chi connectivity index (χ1) is 12.1. The van der Waals surface area contributed by atoms with Crippen molar-refractivity contribution in [3.05, 3.63) is 86.0 Å². The van der Waals surface area contributed by atoms with Crippen LogP contribution >= 0.6 is 11.6 Å². The number of H-pyrrole nitrogens is 1. The van der Waals surface area contributed by atoms with Gasteiger partial charge in [0.25, 0.3) is 5.56 Å². The maximum Gasteiger partial charge on any atom is 0.335 e. The lowest BCUT2D eigenvalue weighted by atomic mass is 10.3. The number of benzene rings is 2. The van der Waals surface area contributed by atoms with Crippen LogP contribution in [0.3, 0.4) is 0 Å². The Morgan fingerprint density at radius 2 is 1.88 bits per heavy atom. The summed E-state index contributed by atoms with van der Waals surface area (Å²) in [6, 6.07) is 15.3. The fourth-order valence-electron chi connectivity index (χ4n) is 2.20. The second-order valence-electron chi connectivity index (χ2n) is 5.05. The van der Waals surface area contributed by atoms with Crippen molar-refractivity contribution in [1.82, 2.24) is 9.55 Å². The monoisotopic (exact) mass is 356 g/mol. The van der Waals surface area contributed by atoms with Gasteiger partial charge in [-0.2, -0.15) is 5.10 Å². The van der Waals surface area contributed by atoms with E-state index in [1.54, 1.807) is 54.6 Å². The molecule has 0 saturated carbocycles. The molecule has 25 heavy (non-hydrogen) atoms. The van der Waals surface area contributed by atoms with Crippen LogP contribution in [0.2, 0.25) is 5.02 Å². The SMILES string of the molecule is O=c1[nH]c(=O)n(-c2ccccc2)c(O)c1/C=N/Nc1cccc(Cl)c1. The molecule has 3 rings (SSSR count). The number of aromatic nitrogens is 2. The third-order valence-corrected chi connectivity index (χ3v) is 3.58. The highest BCUT2D eigenvalue weighted by Crippen LogP contribution is 2.16. The van der Waals surface area contributed by atoms with Crippen molar-refractivity contribution in [1.29, 1.82) is 0 Å². The molecule has 2 aromatic carbocycles. The van der Waals surface area contributed by atoms with Gasteiger partial charge >= 0.3 is 5.69 Å². The van der Waals surface area contributed by atoms with Crippen molar-refractivity contribution in [2.24, 2.45) is 5.10 Å². The second-order valence-corrected chi connectivity index (χ2v) is 5.48. The van der Waals surface area contributed by atoms with Gasteiger partial charge in [-0.1, -0.05) is 35.9 Å². The Morgan fingerprint density at radius 1 is 1.12 bits per heavy atom. The summed E-state index contributed by atoms with van der Waals surface area (Å²) in [5, 5.41) is 14.8. The Kier molecular flexibility index (Phi) is 4.67. The Hall–Kier alpha value is -3.32. The van der Waals surface area contributed by atoms with Gasteiger partial charge in [-0.3, -0.25) is 15.2 Å². The Morgan fingerprint density at radius 3 is 2.60 bits per heavy atom. The highest BCUT2D eigenvalue weighted by molar-refractivity contribution is 6.30. The van der Waals surface area contributed by atoms with Gasteiger partial charge < -0.3 is 5.11 Å². The molecule has 3 N–H and O–H groups in total. The minimum atomic E-state index is -0.744. The van der Waals surface area contributed by atoms with E-state index >= 15 is 0 Å². The van der Waals surface area contributed by atoms with Crippen LogP contribution in [-0.4, -0.2) is 20.9 Å². The summed E-state index contributed by atoms with van der Waals surface area (Å²) in [6.45, 7) is 0. The zero-order valence-electron chi connectivity index (χ0n) is 12.8. The summed E-state index contributed by atoms with van der Waals surface area (Å²) in [6.07, 6.45) is 1.13. The molecule has 1 heterocycles. The number of aromatic hydroxyl groups is 1. The lowest BCUT2D eigenvalue weighted by Crippen LogP contribution is -2.31. The number of halogens is 1. The van der Waals surface area contributed by atoms with Crippen molar-refractivity contribution < 1.29 is 5.11 Å². The molecule has 0 fully saturated rings. The number of aromatic amines is 1. The summed E-state index contributed by atoms with van der Waals surface area (Å²) >= 11 is 5.87. The molecule has 0 aliphatic heterocycles. The first-order valence-corrected chi connectivity index (χ1v) is 7.62. The smallest absolute Gasteiger partial charge is 0.335 e. The highest BCUT2D eigenvalue weighted by Gasteiger charge is 2.13. The quantitative estimate of drug-likeness (QED) is 0.493. The standard InChI is InChI=1S/C17H13ClN4O3/c18-11-5-4-6-12(9-11)21-19-10-14-15(23)20-17(25)22(16(14)24)13-7-2-1-3-8-13/h1-10,21,24H,(H,20,23,25)/b19-10+. The fraction of sp³-hybridized carbons (Fsp3) is 0. The third-order valence-electron chi connectivity index (χ3n) is 3.35. The number of nitrogens with one attached hydrogen (secondary N) is 2. The Labute approximate surface area is 146 Å². The summed E-state index contributed by atoms with van der Waals surface area (Å²) in [4.78, 5) is 26.1. The molecule has 126 valence electrons. The van der Waals surface area contributed by atoms with Crippen LogP contribution in [0.25, 0.3) is 5.69 Å². The van der Waals surface area contributed by atoms with Crippen molar-refractivity contribution in [2.75, 3.05) is 5.43 Å². The molecule has 8 heteroatoms. The number of hydrogen-bond acceptors (Lipinski definition) is 5. The lowest BCUT2D eigenvalue weighted by Gasteiger charge is -2.09. The van der Waals surface area contributed by atoms with Crippen LogP contribution in [0.5, 0.6) is 5.88 Å². The normalized spacial score (nSPS) is 10.9. The predicted octanol–water partition coefficient (Wildman–Crippen LogP) is 2.33. The van der Waals surface area contributed by atoms with Gasteiger partial charge in [-0.05, 0) is 30.3 Å². The molecule has 0 aliphatic rings. The molecular weight excluding hydrogens is 344 g/mol. The molecule has 0 radical (unpaired) electrons. The molecule has 0 aliphatic carbocycles. The zero-order chi connectivity index (χ0) is 17.8. The molecule has 0 spiro atoms. The Bertz CT molecular complexity index is 1040. The van der Waals surface area contributed by atoms with E-state index < -0.39 is 17.1 Å². The van der Waals surface area contributed by atoms with Crippen LogP contribution in [0.4, 0.5) is 5.69 Å². The maximum atomic E-state index is 12.0. The van der Waals surface area contributed by atoms with Crippen LogP contribution < -0.4 is 16.7 Å². The summed E-state index contributed by atoms with van der Waals surface area (Å²) in [5.41, 5.74) is 2.08. The number of hydrazone groups is 1. The molecule has 3 aromatic rings. The number of nitrogens with zero attached hydrogens (tertiary/aromatic N) is 2. The number of hydrogen-bond donors (Lipinski definition) is 3. The molecule has 0 bridgehead atoms. The van der Waals surface area contributed by atoms with E-state index in [9.17, 15) is 14.7 Å². The van der Waals surface area contributed by atoms with Crippen LogP contribution in [0, 0.1) is 0 Å². The van der Waals surface area contributed by atoms with Crippen molar-refractivity contribution in [3.8, 4) is 11.6 Å². The Balaban J connectivity index is 1.98. The summed E-state index contributed by atoms with van der Waals surface area (Å²) < 4.78 is 0.988. The van der Waals surface area contributed by atoms with Gasteiger partial charge in [-0.15, -0.1) is 0 Å². The van der Waals surface area contributed by atoms with Crippen molar-refractivity contribution in [2.45, 2.75) is 0 Å². The van der Waals surface area contributed by atoms with Crippen molar-refractivity contribution in [3.63, 3.8) is 0 Å². The summed E-state index contributed by atoms with van der Waals surface area (Å²) in [7, 11) is 0. The fourth-order valence-corrected chi connectivity index (χ4v) is 2.39. The van der Waals surface area contributed by atoms with E-state index in [0.717, 1.165) is 10.8 Å². The van der Waals surface area contributed by atoms with Gasteiger partial charge in [0.1, 0.15) is 5.56 Å².